The van der Waals surface area contributed by atoms with Crippen molar-refractivity contribution in [2.24, 2.45) is 0 Å². The molecular weight excluding hydrogens is 374 g/mol. The van der Waals surface area contributed by atoms with Crippen molar-refractivity contribution in [1.29, 1.82) is 0 Å². The lowest BCUT2D eigenvalue weighted by molar-refractivity contribution is 0.418. The zero-order chi connectivity index (χ0) is 18.4. The van der Waals surface area contributed by atoms with Gasteiger partial charge in [-0.1, -0.05) is 30.3 Å². The van der Waals surface area contributed by atoms with Crippen LogP contribution in [0.1, 0.15) is 17.7 Å². The summed E-state index contributed by atoms with van der Waals surface area (Å²) < 4.78 is 50.6. The number of fused-ring (bicyclic) bond motifs is 1. The third kappa shape index (κ3) is 3.19. The maximum Gasteiger partial charge on any atom is 0.218 e. The predicted molar refractivity (Wildman–Crippen MR) is 99.0 cm³/mol. The number of sulfone groups is 1. The summed E-state index contributed by atoms with van der Waals surface area (Å²) in [5.41, 5.74) is 3.88. The second kappa shape index (κ2) is 6.47. The summed E-state index contributed by atoms with van der Waals surface area (Å²) in [6.07, 6.45) is 1.31. The topological polar surface area (TPSA) is 100 Å². The van der Waals surface area contributed by atoms with Crippen LogP contribution in [-0.4, -0.2) is 61.2 Å². The van der Waals surface area contributed by atoms with Crippen molar-refractivity contribution < 1.29 is 16.8 Å². The average molecular weight is 396 g/mol. The van der Waals surface area contributed by atoms with Gasteiger partial charge in [-0.3, -0.25) is 5.10 Å². The van der Waals surface area contributed by atoms with Crippen LogP contribution in [0.3, 0.4) is 0 Å². The van der Waals surface area contributed by atoms with Crippen LogP contribution in [0.25, 0.3) is 11.3 Å². The molecule has 2 aliphatic rings. The number of hydrogen-bond acceptors (Lipinski definition) is 5. The van der Waals surface area contributed by atoms with E-state index in [4.69, 9.17) is 0 Å². The van der Waals surface area contributed by atoms with E-state index in [2.05, 4.69) is 10.2 Å². The summed E-state index contributed by atoms with van der Waals surface area (Å²) >= 11 is 0. The van der Waals surface area contributed by atoms with Gasteiger partial charge < -0.3 is 0 Å². The van der Waals surface area contributed by atoms with Crippen LogP contribution < -0.4 is 0 Å². The molecule has 1 aromatic heterocycles. The molecule has 2 aromatic rings. The van der Waals surface area contributed by atoms with Crippen LogP contribution in [0.15, 0.2) is 30.3 Å². The number of nitrogens with one attached hydrogen (secondary N) is 1. The van der Waals surface area contributed by atoms with Gasteiger partial charge in [0.05, 0.1) is 22.4 Å². The van der Waals surface area contributed by atoms with Gasteiger partial charge in [0.1, 0.15) is 0 Å². The molecule has 1 fully saturated rings. The van der Waals surface area contributed by atoms with E-state index in [1.54, 1.807) is 0 Å². The Kier molecular flexibility index (Phi) is 4.40. The van der Waals surface area contributed by atoms with E-state index in [-0.39, 0.29) is 17.9 Å². The van der Waals surface area contributed by atoms with Gasteiger partial charge in [0.25, 0.3) is 0 Å². The van der Waals surface area contributed by atoms with Gasteiger partial charge in [-0.05, 0) is 12.8 Å². The number of benzene rings is 1. The van der Waals surface area contributed by atoms with Crippen LogP contribution in [0.2, 0.25) is 0 Å². The number of aromatic nitrogens is 2. The van der Waals surface area contributed by atoms with Gasteiger partial charge >= 0.3 is 0 Å². The number of H-pyrrole nitrogens is 1. The smallest absolute Gasteiger partial charge is 0.218 e. The Labute approximate surface area is 153 Å². The normalized spacial score (nSPS) is 23.5. The van der Waals surface area contributed by atoms with Gasteiger partial charge in [-0.15, -0.1) is 0 Å². The first kappa shape index (κ1) is 17.7. The summed E-state index contributed by atoms with van der Waals surface area (Å²) in [4.78, 5) is 0. The number of nitrogens with zero attached hydrogens (tertiary/aromatic N) is 2. The van der Waals surface area contributed by atoms with E-state index in [9.17, 15) is 16.8 Å². The summed E-state index contributed by atoms with van der Waals surface area (Å²) in [6.45, 7) is 0.702. The zero-order valence-corrected chi connectivity index (χ0v) is 15.9. The lowest BCUT2D eigenvalue weighted by atomic mass is 10.0. The van der Waals surface area contributed by atoms with Gasteiger partial charge in [0.15, 0.2) is 9.84 Å². The maximum atomic E-state index is 12.9. The summed E-state index contributed by atoms with van der Waals surface area (Å²) in [5.74, 6) is -0.292. The van der Waals surface area contributed by atoms with E-state index < -0.39 is 25.1 Å². The molecule has 0 spiro atoms. The first-order valence-electron chi connectivity index (χ1n) is 8.68. The van der Waals surface area contributed by atoms with Gasteiger partial charge in [0.2, 0.25) is 10.0 Å². The molecule has 0 saturated carbocycles. The van der Waals surface area contributed by atoms with Crippen molar-refractivity contribution in [3.63, 3.8) is 0 Å². The molecular formula is C17H21N3O4S2. The first-order valence-corrected chi connectivity index (χ1v) is 12.0. The molecule has 140 valence electrons. The van der Waals surface area contributed by atoms with Gasteiger partial charge in [-0.2, -0.15) is 5.10 Å². The van der Waals surface area contributed by atoms with E-state index >= 15 is 0 Å². The highest BCUT2D eigenvalue weighted by atomic mass is 32.2. The highest BCUT2D eigenvalue weighted by molar-refractivity contribution is 7.95. The molecule has 26 heavy (non-hydrogen) atoms. The minimum absolute atomic E-state index is 0.0359. The monoisotopic (exact) mass is 395 g/mol. The van der Waals surface area contributed by atoms with Crippen LogP contribution in [0, 0.1) is 0 Å². The number of hydrogen-bond donors (Lipinski definition) is 1. The minimum Gasteiger partial charge on any atom is -0.282 e. The van der Waals surface area contributed by atoms with E-state index in [1.807, 2.05) is 30.3 Å². The number of rotatable bonds is 3. The first-order chi connectivity index (χ1) is 12.4. The van der Waals surface area contributed by atoms with Crippen LogP contribution in [0.4, 0.5) is 0 Å². The van der Waals surface area contributed by atoms with Crippen molar-refractivity contribution >= 4 is 19.9 Å². The van der Waals surface area contributed by atoms with Crippen molar-refractivity contribution in [3.8, 4) is 11.3 Å². The van der Waals surface area contributed by atoms with Gasteiger partial charge in [0, 0.05) is 36.3 Å². The molecule has 1 aromatic carbocycles. The lowest BCUT2D eigenvalue weighted by Crippen LogP contribution is -2.40. The third-order valence-electron chi connectivity index (χ3n) is 5.19. The highest BCUT2D eigenvalue weighted by Crippen LogP contribution is 2.29. The molecule has 0 bridgehead atoms. The Hall–Kier alpha value is -1.71. The Morgan fingerprint density at radius 1 is 1.12 bits per heavy atom. The molecule has 2 aliphatic heterocycles. The van der Waals surface area contributed by atoms with Gasteiger partial charge in [-0.25, -0.2) is 21.1 Å². The van der Waals surface area contributed by atoms with Crippen LogP contribution in [0.5, 0.6) is 0 Å². The minimum atomic E-state index is -3.61. The van der Waals surface area contributed by atoms with E-state index in [0.717, 1.165) is 22.5 Å². The molecule has 3 heterocycles. The van der Waals surface area contributed by atoms with Crippen molar-refractivity contribution in [3.05, 3.63) is 41.6 Å². The third-order valence-corrected chi connectivity index (χ3v) is 9.50. The molecule has 1 atom stereocenters. The lowest BCUT2D eigenvalue weighted by Gasteiger charge is -2.23. The highest BCUT2D eigenvalue weighted by Gasteiger charge is 2.41. The molecule has 0 amide bonds. The summed E-state index contributed by atoms with van der Waals surface area (Å²) in [5, 5.41) is 6.66. The zero-order valence-electron chi connectivity index (χ0n) is 14.3. The Balaban J connectivity index is 1.57. The SMILES string of the molecule is O=S1(=O)CCC(S(=O)(=O)N2CCc3[nH]nc(-c4ccccc4)c3CC2)C1. The molecule has 4 rings (SSSR count). The van der Waals surface area contributed by atoms with Crippen molar-refractivity contribution in [1.82, 2.24) is 14.5 Å². The number of aromatic amines is 1. The Morgan fingerprint density at radius 2 is 1.85 bits per heavy atom. The fourth-order valence-electron chi connectivity index (χ4n) is 3.76. The van der Waals surface area contributed by atoms with Crippen LogP contribution in [-0.2, 0) is 32.7 Å². The molecule has 9 heteroatoms. The quantitative estimate of drug-likeness (QED) is 0.835. The van der Waals surface area contributed by atoms with Crippen molar-refractivity contribution in [2.75, 3.05) is 24.6 Å². The standard InChI is InChI=1S/C17H21N3O4S2/c21-25(22)11-8-14(12-25)26(23,24)20-9-6-15-16(7-10-20)18-19-17(15)13-4-2-1-3-5-13/h1-5,14H,6-12H2,(H,18,19). The Bertz CT molecular complexity index is 1010. The summed E-state index contributed by atoms with van der Waals surface area (Å²) in [7, 11) is -6.84. The van der Waals surface area contributed by atoms with E-state index in [1.165, 1.54) is 4.31 Å². The Morgan fingerprint density at radius 3 is 2.54 bits per heavy atom. The number of sulfonamides is 1. The molecule has 7 nitrogen and oxygen atoms in total. The molecule has 0 radical (unpaired) electrons. The van der Waals surface area contributed by atoms with Crippen LogP contribution >= 0.6 is 0 Å². The summed E-state index contributed by atoms with van der Waals surface area (Å²) in [6, 6.07) is 9.81. The second-order valence-electron chi connectivity index (χ2n) is 6.86. The van der Waals surface area contributed by atoms with Crippen molar-refractivity contribution in [2.45, 2.75) is 24.5 Å². The maximum absolute atomic E-state index is 12.9. The molecule has 1 unspecified atom stereocenters. The van der Waals surface area contributed by atoms with E-state index in [0.29, 0.717) is 25.9 Å². The largest absolute Gasteiger partial charge is 0.282 e. The predicted octanol–water partition coefficient (Wildman–Crippen LogP) is 0.994. The fraction of sp³-hybridized carbons (Fsp3) is 0.471. The molecule has 1 saturated heterocycles. The molecule has 0 aliphatic carbocycles. The fourth-order valence-corrected chi connectivity index (χ4v) is 8.29. The molecule has 1 N–H and O–H groups in total. The second-order valence-corrected chi connectivity index (χ2v) is 11.3. The average Bonchev–Trinajstić information content (AvgIpc) is 3.12.